The van der Waals surface area contributed by atoms with Gasteiger partial charge in [-0.15, -0.1) is 11.8 Å². The molecular weight excluding hydrogens is 228 g/mol. The molecule has 1 aromatic rings. The summed E-state index contributed by atoms with van der Waals surface area (Å²) in [5.41, 5.74) is 0. The Balaban J connectivity index is 2.56. The highest BCUT2D eigenvalue weighted by molar-refractivity contribution is 7.99. The maximum atomic E-state index is 13.0. The number of thioether (sulfide) groups is 1. The van der Waals surface area contributed by atoms with Crippen molar-refractivity contribution in [2.24, 2.45) is 0 Å². The maximum Gasteiger partial charge on any atom is 0.159 e. The Bertz CT molecular complexity index is 344. The van der Waals surface area contributed by atoms with E-state index in [-0.39, 0.29) is 0 Å². The van der Waals surface area contributed by atoms with Crippen LogP contribution in [0.1, 0.15) is 20.3 Å². The van der Waals surface area contributed by atoms with Gasteiger partial charge in [0.15, 0.2) is 11.6 Å². The Morgan fingerprint density at radius 2 is 1.94 bits per heavy atom. The van der Waals surface area contributed by atoms with Crippen molar-refractivity contribution >= 4 is 11.8 Å². The highest BCUT2D eigenvalue weighted by atomic mass is 32.2. The molecule has 0 aromatic heterocycles. The highest BCUT2D eigenvalue weighted by Crippen LogP contribution is 2.27. The number of rotatable bonds is 5. The zero-order valence-electron chi connectivity index (χ0n) is 9.76. The minimum absolute atomic E-state index is 0.368. The lowest BCUT2D eigenvalue weighted by atomic mass is 10.2. The molecule has 0 bridgehead atoms. The molecule has 0 aliphatic carbocycles. The number of hydrogen-bond donors (Lipinski definition) is 1. The van der Waals surface area contributed by atoms with Gasteiger partial charge in [0.1, 0.15) is 0 Å². The first kappa shape index (κ1) is 13.5. The Morgan fingerprint density at radius 3 is 2.50 bits per heavy atom. The molecule has 0 aliphatic heterocycles. The van der Waals surface area contributed by atoms with Gasteiger partial charge in [-0.25, -0.2) is 8.78 Å². The number of nitrogens with one attached hydrogen (secondary N) is 1. The first-order valence-electron chi connectivity index (χ1n) is 5.32. The van der Waals surface area contributed by atoms with Crippen LogP contribution in [0.5, 0.6) is 0 Å². The molecule has 0 amide bonds. The second-order valence-electron chi connectivity index (χ2n) is 3.93. The molecule has 16 heavy (non-hydrogen) atoms. The van der Waals surface area contributed by atoms with E-state index in [1.807, 2.05) is 7.05 Å². The van der Waals surface area contributed by atoms with E-state index < -0.39 is 11.6 Å². The first-order valence-corrected chi connectivity index (χ1v) is 6.20. The summed E-state index contributed by atoms with van der Waals surface area (Å²) in [5, 5.41) is 3.52. The minimum atomic E-state index is -0.791. The molecule has 0 heterocycles. The third-order valence-electron chi connectivity index (χ3n) is 2.41. The summed E-state index contributed by atoms with van der Waals surface area (Å²) in [4.78, 5) is 0.773. The van der Waals surface area contributed by atoms with Gasteiger partial charge in [-0.2, -0.15) is 0 Å². The summed E-state index contributed by atoms with van der Waals surface area (Å²) in [6.07, 6.45) is 0.986. The molecule has 90 valence electrons. The van der Waals surface area contributed by atoms with E-state index in [0.29, 0.717) is 11.3 Å². The van der Waals surface area contributed by atoms with Gasteiger partial charge in [0.25, 0.3) is 0 Å². The fourth-order valence-electron chi connectivity index (χ4n) is 1.45. The van der Waals surface area contributed by atoms with Crippen LogP contribution in [0, 0.1) is 11.6 Å². The van der Waals surface area contributed by atoms with Crippen LogP contribution in [-0.4, -0.2) is 18.3 Å². The van der Waals surface area contributed by atoms with Crippen LogP contribution in [0.25, 0.3) is 0 Å². The van der Waals surface area contributed by atoms with E-state index in [9.17, 15) is 8.78 Å². The summed E-state index contributed by atoms with van der Waals surface area (Å²) in [5.74, 6) is -1.57. The SMILES string of the molecule is CNC(C)CC(C)Sc1ccc(F)c(F)c1. The molecule has 1 aromatic carbocycles. The molecule has 0 spiro atoms. The number of benzene rings is 1. The molecule has 2 atom stereocenters. The van der Waals surface area contributed by atoms with Crippen LogP contribution in [0.15, 0.2) is 23.1 Å². The van der Waals surface area contributed by atoms with Crippen molar-refractivity contribution < 1.29 is 8.78 Å². The molecule has 1 rings (SSSR count). The van der Waals surface area contributed by atoms with Crippen LogP contribution in [0.3, 0.4) is 0 Å². The second-order valence-corrected chi connectivity index (χ2v) is 5.44. The molecule has 2 unspecified atom stereocenters. The lowest BCUT2D eigenvalue weighted by Crippen LogP contribution is -2.24. The van der Waals surface area contributed by atoms with E-state index in [2.05, 4.69) is 19.2 Å². The zero-order chi connectivity index (χ0) is 12.1. The number of hydrogen-bond acceptors (Lipinski definition) is 2. The normalized spacial score (nSPS) is 14.8. The van der Waals surface area contributed by atoms with E-state index in [4.69, 9.17) is 0 Å². The molecule has 4 heteroatoms. The third-order valence-corrected chi connectivity index (χ3v) is 3.53. The van der Waals surface area contributed by atoms with Gasteiger partial charge in [0, 0.05) is 16.2 Å². The highest BCUT2D eigenvalue weighted by Gasteiger charge is 2.10. The largest absolute Gasteiger partial charge is 0.317 e. The fourth-order valence-corrected chi connectivity index (χ4v) is 2.61. The predicted molar refractivity (Wildman–Crippen MR) is 64.8 cm³/mol. The smallest absolute Gasteiger partial charge is 0.159 e. The lowest BCUT2D eigenvalue weighted by Gasteiger charge is -2.16. The molecule has 0 radical (unpaired) electrons. The summed E-state index contributed by atoms with van der Waals surface area (Å²) in [6, 6.07) is 4.46. The van der Waals surface area contributed by atoms with Crippen molar-refractivity contribution in [3.63, 3.8) is 0 Å². The molecule has 1 N–H and O–H groups in total. The maximum absolute atomic E-state index is 13.0. The average Bonchev–Trinajstić information content (AvgIpc) is 2.23. The zero-order valence-corrected chi connectivity index (χ0v) is 10.6. The molecule has 0 saturated carbocycles. The van der Waals surface area contributed by atoms with Gasteiger partial charge in [-0.1, -0.05) is 6.92 Å². The van der Waals surface area contributed by atoms with Crippen molar-refractivity contribution in [1.29, 1.82) is 0 Å². The summed E-state index contributed by atoms with van der Waals surface area (Å²) >= 11 is 1.56. The summed E-state index contributed by atoms with van der Waals surface area (Å²) in [6.45, 7) is 4.18. The quantitative estimate of drug-likeness (QED) is 0.797. The summed E-state index contributed by atoms with van der Waals surface area (Å²) < 4.78 is 25.7. The van der Waals surface area contributed by atoms with Gasteiger partial charge in [0.05, 0.1) is 0 Å². The van der Waals surface area contributed by atoms with Gasteiger partial charge in [-0.05, 0) is 38.6 Å². The molecule has 0 aliphatic rings. The van der Waals surface area contributed by atoms with Gasteiger partial charge in [0.2, 0.25) is 0 Å². The van der Waals surface area contributed by atoms with Crippen LogP contribution in [0.2, 0.25) is 0 Å². The lowest BCUT2D eigenvalue weighted by molar-refractivity contribution is 0.505. The fraction of sp³-hybridized carbons (Fsp3) is 0.500. The van der Waals surface area contributed by atoms with Crippen molar-refractivity contribution in [3.05, 3.63) is 29.8 Å². The second kappa shape index (κ2) is 6.21. The van der Waals surface area contributed by atoms with E-state index in [0.717, 1.165) is 11.3 Å². The molecule has 0 saturated heterocycles. The topological polar surface area (TPSA) is 12.0 Å². The average molecular weight is 245 g/mol. The van der Waals surface area contributed by atoms with Crippen LogP contribution in [-0.2, 0) is 0 Å². The van der Waals surface area contributed by atoms with E-state index >= 15 is 0 Å². The van der Waals surface area contributed by atoms with Gasteiger partial charge < -0.3 is 5.32 Å². The third kappa shape index (κ3) is 4.10. The Labute approximate surface area is 99.6 Å². The standard InChI is InChI=1S/C12H17F2NS/c1-8(15-3)6-9(2)16-10-4-5-11(13)12(14)7-10/h4-5,7-9,15H,6H2,1-3H3. The van der Waals surface area contributed by atoms with Crippen molar-refractivity contribution in [3.8, 4) is 0 Å². The first-order chi connectivity index (χ1) is 7.52. The van der Waals surface area contributed by atoms with Crippen LogP contribution < -0.4 is 5.32 Å². The van der Waals surface area contributed by atoms with Gasteiger partial charge >= 0.3 is 0 Å². The van der Waals surface area contributed by atoms with Crippen molar-refractivity contribution in [2.75, 3.05) is 7.05 Å². The molecular formula is C12H17F2NS. The minimum Gasteiger partial charge on any atom is -0.317 e. The van der Waals surface area contributed by atoms with E-state index in [1.54, 1.807) is 17.8 Å². The van der Waals surface area contributed by atoms with Crippen LogP contribution >= 0.6 is 11.8 Å². The predicted octanol–water partition coefficient (Wildman–Crippen LogP) is 3.44. The number of halogens is 2. The summed E-state index contributed by atoms with van der Waals surface area (Å²) in [7, 11) is 1.92. The Hall–Kier alpha value is -0.610. The molecule has 0 fully saturated rings. The van der Waals surface area contributed by atoms with Crippen molar-refractivity contribution in [2.45, 2.75) is 36.5 Å². The monoisotopic (exact) mass is 245 g/mol. The van der Waals surface area contributed by atoms with Crippen molar-refractivity contribution in [1.82, 2.24) is 5.32 Å². The van der Waals surface area contributed by atoms with E-state index in [1.165, 1.54) is 12.1 Å². The Kier molecular flexibility index (Phi) is 5.22. The van der Waals surface area contributed by atoms with Crippen LogP contribution in [0.4, 0.5) is 8.78 Å². The Morgan fingerprint density at radius 1 is 1.25 bits per heavy atom. The van der Waals surface area contributed by atoms with Gasteiger partial charge in [-0.3, -0.25) is 0 Å². The molecule has 1 nitrogen and oxygen atoms in total.